The Morgan fingerprint density at radius 2 is 1.80 bits per heavy atom. The smallest absolute Gasteiger partial charge is 0.251 e. The molecule has 2 saturated heterocycles. The predicted octanol–water partition coefficient (Wildman–Crippen LogP) is 4.46. The van der Waals surface area contributed by atoms with Gasteiger partial charge in [0.15, 0.2) is 5.82 Å². The highest BCUT2D eigenvalue weighted by molar-refractivity contribution is 6.01. The molecule has 2 aliphatic carbocycles. The molecule has 3 aliphatic heterocycles. The topological polar surface area (TPSA) is 112 Å². The van der Waals surface area contributed by atoms with Crippen LogP contribution in [-0.4, -0.2) is 71.6 Å². The summed E-state index contributed by atoms with van der Waals surface area (Å²) in [6.45, 7) is 0.707. The number of benzene rings is 1. The number of aromatic nitrogens is 2. The molecule has 2 amide bonds. The molecule has 0 radical (unpaired) electrons. The lowest BCUT2D eigenvalue weighted by Gasteiger charge is -2.47. The van der Waals surface area contributed by atoms with E-state index in [1.54, 1.807) is 19.4 Å². The van der Waals surface area contributed by atoms with E-state index in [0.29, 0.717) is 53.3 Å². The van der Waals surface area contributed by atoms with Crippen molar-refractivity contribution >= 4 is 35.0 Å². The Balaban J connectivity index is 1.09. The molecule has 7 rings (SSSR count). The summed E-state index contributed by atoms with van der Waals surface area (Å²) in [5.41, 5.74) is 1.63. The number of carbonyl (C=O) groups excluding carboxylic acids is 2. The molecule has 1 spiro atoms. The number of piperidine rings is 2. The number of nitrogens with zero attached hydrogens (tertiary/aromatic N) is 4. The molecular formula is C31H41N7O3. The lowest BCUT2D eigenvalue weighted by Crippen LogP contribution is -2.55. The molecule has 41 heavy (non-hydrogen) atoms. The minimum absolute atomic E-state index is 0.0688. The highest BCUT2D eigenvalue weighted by Gasteiger charge is 2.53. The van der Waals surface area contributed by atoms with E-state index in [2.05, 4.69) is 37.8 Å². The van der Waals surface area contributed by atoms with Crippen LogP contribution in [0.25, 0.3) is 0 Å². The van der Waals surface area contributed by atoms with Crippen LogP contribution in [0, 0.1) is 5.41 Å². The maximum atomic E-state index is 13.2. The van der Waals surface area contributed by atoms with Crippen LogP contribution in [0.2, 0.25) is 0 Å². The van der Waals surface area contributed by atoms with E-state index >= 15 is 0 Å². The molecule has 10 nitrogen and oxygen atoms in total. The summed E-state index contributed by atoms with van der Waals surface area (Å²) in [5.74, 6) is 1.78. The van der Waals surface area contributed by atoms with E-state index in [-0.39, 0.29) is 23.3 Å². The van der Waals surface area contributed by atoms with Gasteiger partial charge in [-0.1, -0.05) is 19.3 Å². The Morgan fingerprint density at radius 3 is 2.51 bits per heavy atom. The third-order valence-corrected chi connectivity index (χ3v) is 10.2. The van der Waals surface area contributed by atoms with Gasteiger partial charge in [0.1, 0.15) is 11.4 Å². The lowest BCUT2D eigenvalue weighted by molar-refractivity contribution is -0.120. The van der Waals surface area contributed by atoms with E-state index < -0.39 is 0 Å². The molecule has 2 aromatic rings. The summed E-state index contributed by atoms with van der Waals surface area (Å²) in [5, 5.41) is 9.70. The van der Waals surface area contributed by atoms with Crippen molar-refractivity contribution in [2.24, 2.45) is 5.41 Å². The predicted molar refractivity (Wildman–Crippen MR) is 158 cm³/mol. The van der Waals surface area contributed by atoms with Crippen LogP contribution in [0.5, 0.6) is 5.75 Å². The minimum Gasteiger partial charge on any atom is -0.495 e. The Morgan fingerprint density at radius 1 is 1.07 bits per heavy atom. The molecule has 218 valence electrons. The van der Waals surface area contributed by atoms with Gasteiger partial charge >= 0.3 is 0 Å². The van der Waals surface area contributed by atoms with Gasteiger partial charge in [-0.2, -0.15) is 4.98 Å². The van der Waals surface area contributed by atoms with E-state index in [9.17, 15) is 9.59 Å². The average molecular weight is 560 g/mol. The fourth-order valence-electron chi connectivity index (χ4n) is 7.58. The van der Waals surface area contributed by atoms with Crippen molar-refractivity contribution in [3.8, 4) is 5.75 Å². The summed E-state index contributed by atoms with van der Waals surface area (Å²) >= 11 is 0. The van der Waals surface area contributed by atoms with Crippen LogP contribution >= 0.6 is 0 Å². The van der Waals surface area contributed by atoms with E-state index in [0.717, 1.165) is 44.3 Å². The normalized spacial score (nSPS) is 27.1. The lowest BCUT2D eigenvalue weighted by atomic mass is 9.82. The second-order valence-corrected chi connectivity index (χ2v) is 12.8. The van der Waals surface area contributed by atoms with E-state index in [1.807, 2.05) is 12.1 Å². The SMILES string of the molecule is COc1cc(C(=O)N[C@@H]2C[C@H]3CCC[C@@H](C2)N3C)ccc1Nc1ncc2c(n1)N(C1CCCC1)CC1(CC1)C(=O)N2. The molecule has 4 fully saturated rings. The quantitative estimate of drug-likeness (QED) is 0.476. The number of rotatable bonds is 6. The zero-order chi connectivity index (χ0) is 28.1. The van der Waals surface area contributed by atoms with Gasteiger partial charge in [0, 0.05) is 36.3 Å². The molecular weight excluding hydrogens is 518 g/mol. The zero-order valence-electron chi connectivity index (χ0n) is 24.1. The van der Waals surface area contributed by atoms with Crippen LogP contribution < -0.4 is 25.6 Å². The number of amides is 2. The van der Waals surface area contributed by atoms with Crippen molar-refractivity contribution in [2.75, 3.05) is 36.2 Å². The van der Waals surface area contributed by atoms with Crippen molar-refractivity contribution in [2.45, 2.75) is 94.8 Å². The highest BCUT2D eigenvalue weighted by Crippen LogP contribution is 2.51. The second-order valence-electron chi connectivity index (χ2n) is 12.8. The molecule has 2 saturated carbocycles. The monoisotopic (exact) mass is 559 g/mol. The fraction of sp³-hybridized carbons (Fsp3) is 0.613. The third-order valence-electron chi connectivity index (χ3n) is 10.2. The first-order valence-electron chi connectivity index (χ1n) is 15.4. The van der Waals surface area contributed by atoms with Crippen molar-refractivity contribution in [1.29, 1.82) is 0 Å². The van der Waals surface area contributed by atoms with Gasteiger partial charge in [-0.25, -0.2) is 4.98 Å². The van der Waals surface area contributed by atoms with Crippen LogP contribution in [0.3, 0.4) is 0 Å². The van der Waals surface area contributed by atoms with Crippen molar-refractivity contribution in [3.63, 3.8) is 0 Å². The molecule has 5 aliphatic rings. The average Bonchev–Trinajstić information content (AvgIpc) is 3.58. The molecule has 2 bridgehead atoms. The minimum atomic E-state index is -0.303. The van der Waals surface area contributed by atoms with Crippen molar-refractivity contribution in [3.05, 3.63) is 30.0 Å². The van der Waals surface area contributed by atoms with Crippen LogP contribution in [0.1, 0.15) is 81.0 Å². The van der Waals surface area contributed by atoms with Gasteiger partial charge < -0.3 is 30.5 Å². The summed E-state index contributed by atoms with van der Waals surface area (Å²) in [7, 11) is 3.83. The first-order chi connectivity index (χ1) is 19.9. The molecule has 3 atom stereocenters. The summed E-state index contributed by atoms with van der Waals surface area (Å²) < 4.78 is 5.69. The van der Waals surface area contributed by atoms with Crippen molar-refractivity contribution < 1.29 is 14.3 Å². The molecule has 0 unspecified atom stereocenters. The molecule has 3 N–H and O–H groups in total. The second kappa shape index (κ2) is 10.5. The first-order valence-corrected chi connectivity index (χ1v) is 15.4. The van der Waals surface area contributed by atoms with Gasteiger partial charge in [0.25, 0.3) is 5.91 Å². The summed E-state index contributed by atoms with van der Waals surface area (Å²) in [6, 6.07) is 7.15. The van der Waals surface area contributed by atoms with Crippen LogP contribution in [-0.2, 0) is 4.79 Å². The Kier molecular flexibility index (Phi) is 6.76. The van der Waals surface area contributed by atoms with Crippen LogP contribution in [0.15, 0.2) is 24.4 Å². The van der Waals surface area contributed by atoms with Gasteiger partial charge in [-0.3, -0.25) is 9.59 Å². The van der Waals surface area contributed by atoms with Gasteiger partial charge in [-0.05, 0) is 76.6 Å². The maximum Gasteiger partial charge on any atom is 0.251 e. The Labute approximate surface area is 241 Å². The Bertz CT molecular complexity index is 1320. The summed E-state index contributed by atoms with van der Waals surface area (Å²) in [6.07, 6.45) is 13.9. The first kappa shape index (κ1) is 26.5. The molecule has 1 aromatic heterocycles. The molecule has 4 heterocycles. The fourth-order valence-corrected chi connectivity index (χ4v) is 7.58. The molecule has 10 heteroatoms. The van der Waals surface area contributed by atoms with Gasteiger partial charge in [0.2, 0.25) is 11.9 Å². The van der Waals surface area contributed by atoms with E-state index in [1.165, 1.54) is 32.1 Å². The van der Waals surface area contributed by atoms with Gasteiger partial charge in [-0.15, -0.1) is 0 Å². The standard InChI is InChI=1S/C31H41N7O3/c1-37-22-8-5-9-23(37)16-20(15-22)33-28(39)19-10-11-24(26(14-19)41-2)35-30-32-17-25-27(36-30)38(21-6-3-4-7-21)18-31(12-13-31)29(40)34-25/h10-11,14,17,20-23H,3-9,12-13,15-16,18H2,1-2H3,(H,33,39)(H,34,40)(H,32,35,36)/t20-,22-,23+. The number of hydrogen-bond acceptors (Lipinski definition) is 8. The van der Waals surface area contributed by atoms with E-state index in [4.69, 9.17) is 9.72 Å². The maximum absolute atomic E-state index is 13.2. The van der Waals surface area contributed by atoms with Crippen LogP contribution in [0.4, 0.5) is 23.1 Å². The number of methoxy groups -OCH3 is 1. The number of anilines is 4. The zero-order valence-corrected chi connectivity index (χ0v) is 24.1. The highest BCUT2D eigenvalue weighted by atomic mass is 16.5. The Hall–Kier alpha value is -3.40. The third kappa shape index (κ3) is 5.00. The number of hydrogen-bond donors (Lipinski definition) is 3. The van der Waals surface area contributed by atoms with Crippen molar-refractivity contribution in [1.82, 2.24) is 20.2 Å². The number of fused-ring (bicyclic) bond motifs is 3. The van der Waals surface area contributed by atoms with Gasteiger partial charge in [0.05, 0.1) is 24.4 Å². The largest absolute Gasteiger partial charge is 0.495 e. The summed E-state index contributed by atoms with van der Waals surface area (Å²) in [4.78, 5) is 40.5. The number of nitrogens with one attached hydrogen (secondary N) is 3. The molecule has 1 aromatic carbocycles. The number of carbonyl (C=O) groups is 2. The number of ether oxygens (including phenoxy) is 1.